The van der Waals surface area contributed by atoms with Gasteiger partial charge >= 0.3 is 5.69 Å². The van der Waals surface area contributed by atoms with Gasteiger partial charge in [-0.3, -0.25) is 13.7 Å². The van der Waals surface area contributed by atoms with E-state index in [1.165, 1.54) is 39.9 Å². The highest BCUT2D eigenvalue weighted by Crippen LogP contribution is 2.38. The SMILES string of the molecule is Cc1sc(SCCCCCF)c2c(NS(=O)(=O)c3ccccn3)nc(=O)n-2c1C. The maximum Gasteiger partial charge on any atom is 0.354 e. The van der Waals surface area contributed by atoms with Crippen LogP contribution in [-0.4, -0.2) is 35.4 Å². The molecule has 2 aliphatic rings. The number of aryl methyl sites for hydroxylation is 1. The van der Waals surface area contributed by atoms with E-state index in [1.54, 1.807) is 19.1 Å². The number of imidazole rings is 1. The minimum absolute atomic E-state index is 0.00809. The van der Waals surface area contributed by atoms with Gasteiger partial charge < -0.3 is 0 Å². The summed E-state index contributed by atoms with van der Waals surface area (Å²) in [5, 5.41) is -0.151. The minimum Gasteiger partial charge on any atom is -0.260 e. The number of unbranched alkanes of at least 4 members (excludes halogenated alkanes) is 2. The summed E-state index contributed by atoms with van der Waals surface area (Å²) in [5.41, 5.74) is 0.622. The third-order valence-corrected chi connectivity index (χ3v) is 8.07. The molecule has 2 aliphatic heterocycles. The molecule has 0 amide bonds. The molecule has 29 heavy (non-hydrogen) atoms. The van der Waals surface area contributed by atoms with Crippen molar-refractivity contribution in [2.75, 3.05) is 17.1 Å². The van der Waals surface area contributed by atoms with Crippen molar-refractivity contribution in [1.29, 1.82) is 0 Å². The first-order chi connectivity index (χ1) is 13.8. The number of anilines is 1. The van der Waals surface area contributed by atoms with Crippen LogP contribution in [0.1, 0.15) is 29.8 Å². The van der Waals surface area contributed by atoms with Crippen molar-refractivity contribution >= 4 is 38.9 Å². The molecule has 0 fully saturated rings. The Morgan fingerprint density at radius 1 is 1.24 bits per heavy atom. The second kappa shape index (κ2) is 9.23. The monoisotopic (exact) mass is 456 g/mol. The topological polar surface area (TPSA) is 94.0 Å². The van der Waals surface area contributed by atoms with E-state index in [0.717, 1.165) is 27.7 Å². The van der Waals surface area contributed by atoms with E-state index in [-0.39, 0.29) is 17.5 Å². The summed E-state index contributed by atoms with van der Waals surface area (Å²) < 4.78 is 42.3. The Hall–Kier alpha value is -1.98. The van der Waals surface area contributed by atoms with Crippen molar-refractivity contribution in [2.24, 2.45) is 0 Å². The molecule has 11 heteroatoms. The van der Waals surface area contributed by atoms with E-state index in [9.17, 15) is 17.6 Å². The van der Waals surface area contributed by atoms with Crippen molar-refractivity contribution < 1.29 is 12.8 Å². The van der Waals surface area contributed by atoms with Gasteiger partial charge in [-0.2, -0.15) is 13.4 Å². The van der Waals surface area contributed by atoms with Gasteiger partial charge in [-0.15, -0.1) is 23.1 Å². The summed E-state index contributed by atoms with van der Waals surface area (Å²) in [6.45, 7) is 3.38. The number of pyridine rings is 1. The Balaban J connectivity index is 1.99. The van der Waals surface area contributed by atoms with Crippen LogP contribution in [0.5, 0.6) is 0 Å². The van der Waals surface area contributed by atoms with Crippen LogP contribution < -0.4 is 10.4 Å². The van der Waals surface area contributed by atoms with Crippen molar-refractivity contribution in [3.8, 4) is 5.69 Å². The quantitative estimate of drug-likeness (QED) is 0.389. The predicted octanol–water partition coefficient (Wildman–Crippen LogP) is 3.78. The van der Waals surface area contributed by atoms with Gasteiger partial charge in [0, 0.05) is 16.8 Å². The lowest BCUT2D eigenvalue weighted by Gasteiger charge is -2.15. The first-order valence-electron chi connectivity index (χ1n) is 9.00. The van der Waals surface area contributed by atoms with Crippen LogP contribution >= 0.6 is 23.1 Å². The standard InChI is InChI=1S/C18H21FN4O3S3/c1-12-13(2)28-17(27-11-7-3-5-9-19)15-16(21-18(24)23(12)15)22-29(25,26)14-8-4-6-10-20-14/h4,6,8,10H,3,5,7,9,11H2,1-2H3,(H,21,22,24). The summed E-state index contributed by atoms with van der Waals surface area (Å²) in [6.07, 6.45) is 3.51. The average molecular weight is 457 g/mol. The van der Waals surface area contributed by atoms with Crippen molar-refractivity contribution in [1.82, 2.24) is 14.5 Å². The van der Waals surface area contributed by atoms with Gasteiger partial charge in [0.1, 0.15) is 5.69 Å². The maximum absolute atomic E-state index is 12.7. The molecule has 0 atom stereocenters. The fourth-order valence-corrected chi connectivity index (χ4v) is 6.19. The molecule has 0 spiro atoms. The molecular weight excluding hydrogens is 435 g/mol. The van der Waals surface area contributed by atoms with E-state index < -0.39 is 15.7 Å². The second-order valence-electron chi connectivity index (χ2n) is 6.33. The number of fused-ring (bicyclic) bond motifs is 1. The maximum atomic E-state index is 12.7. The Kier molecular flexibility index (Phi) is 6.91. The summed E-state index contributed by atoms with van der Waals surface area (Å²) in [7, 11) is -3.99. The Labute approximate surface area is 176 Å². The largest absolute Gasteiger partial charge is 0.354 e. The number of alkyl halides is 1. The molecule has 1 aromatic rings. The molecule has 0 radical (unpaired) electrons. The zero-order valence-electron chi connectivity index (χ0n) is 16.0. The number of aromatic nitrogens is 3. The average Bonchev–Trinajstić information content (AvgIpc) is 3.01. The van der Waals surface area contributed by atoms with Gasteiger partial charge in [0.2, 0.25) is 0 Å². The zero-order chi connectivity index (χ0) is 21.0. The number of rotatable bonds is 9. The highest BCUT2D eigenvalue weighted by atomic mass is 32.2. The summed E-state index contributed by atoms with van der Waals surface area (Å²) >= 11 is 3.00. The predicted molar refractivity (Wildman–Crippen MR) is 114 cm³/mol. The molecule has 1 N–H and O–H groups in total. The highest BCUT2D eigenvalue weighted by Gasteiger charge is 2.27. The molecule has 0 bridgehead atoms. The van der Waals surface area contributed by atoms with Crippen LogP contribution in [0.25, 0.3) is 5.69 Å². The Morgan fingerprint density at radius 3 is 2.72 bits per heavy atom. The van der Waals surface area contributed by atoms with E-state index in [0.29, 0.717) is 17.8 Å². The molecule has 0 saturated carbocycles. The van der Waals surface area contributed by atoms with Gasteiger partial charge in [0.05, 0.1) is 10.9 Å². The number of nitrogens with zero attached hydrogens (tertiary/aromatic N) is 3. The number of hydrogen-bond acceptors (Lipinski definition) is 7. The van der Waals surface area contributed by atoms with Crippen LogP contribution in [0.15, 0.2) is 38.4 Å². The Morgan fingerprint density at radius 2 is 2.03 bits per heavy atom. The fourth-order valence-electron chi connectivity index (χ4n) is 2.71. The molecule has 156 valence electrons. The fraction of sp³-hybridized carbons (Fsp3) is 0.389. The lowest BCUT2D eigenvalue weighted by molar-refractivity contribution is 0.460. The minimum atomic E-state index is -3.99. The van der Waals surface area contributed by atoms with Crippen molar-refractivity contribution in [2.45, 2.75) is 42.3 Å². The zero-order valence-corrected chi connectivity index (χ0v) is 18.5. The van der Waals surface area contributed by atoms with Crippen molar-refractivity contribution in [3.05, 3.63) is 45.5 Å². The lowest BCUT2D eigenvalue weighted by atomic mass is 10.3. The van der Waals surface area contributed by atoms with Crippen LogP contribution in [0, 0.1) is 13.8 Å². The molecule has 0 unspecified atom stereocenters. The van der Waals surface area contributed by atoms with Gasteiger partial charge in [0.25, 0.3) is 10.0 Å². The van der Waals surface area contributed by atoms with Crippen molar-refractivity contribution in [3.63, 3.8) is 0 Å². The van der Waals surface area contributed by atoms with E-state index in [4.69, 9.17) is 0 Å². The first kappa shape index (κ1) is 21.7. The summed E-state index contributed by atoms with van der Waals surface area (Å²) in [5.74, 6) is 0.728. The summed E-state index contributed by atoms with van der Waals surface area (Å²) in [6, 6.07) is 4.56. The molecule has 1 aromatic heterocycles. The van der Waals surface area contributed by atoms with Crippen LogP contribution in [-0.2, 0) is 10.0 Å². The molecular formula is C18H21FN4O3S3. The molecule has 0 saturated heterocycles. The highest BCUT2D eigenvalue weighted by molar-refractivity contribution is 8.01. The molecule has 7 nitrogen and oxygen atoms in total. The number of hydrogen-bond donors (Lipinski definition) is 1. The van der Waals surface area contributed by atoms with Gasteiger partial charge in [-0.05, 0) is 44.6 Å². The van der Waals surface area contributed by atoms with E-state index in [1.807, 2.05) is 6.92 Å². The van der Waals surface area contributed by atoms with Crippen LogP contribution in [0.3, 0.4) is 0 Å². The number of halogens is 1. The summed E-state index contributed by atoms with van der Waals surface area (Å²) in [4.78, 5) is 21.3. The molecule has 0 aromatic carbocycles. The van der Waals surface area contributed by atoms with E-state index in [2.05, 4.69) is 14.7 Å². The number of nitrogens with one attached hydrogen (secondary N) is 1. The Bertz CT molecular complexity index is 1110. The van der Waals surface area contributed by atoms with Gasteiger partial charge in [-0.25, -0.2) is 9.78 Å². The smallest absolute Gasteiger partial charge is 0.260 e. The van der Waals surface area contributed by atoms with Gasteiger partial charge in [-0.1, -0.05) is 12.5 Å². The second-order valence-corrected chi connectivity index (χ2v) is 10.5. The number of thioether (sulfide) groups is 1. The van der Waals surface area contributed by atoms with Crippen LogP contribution in [0.2, 0.25) is 0 Å². The molecule has 3 heterocycles. The van der Waals surface area contributed by atoms with Gasteiger partial charge in [0.15, 0.2) is 10.8 Å². The third kappa shape index (κ3) is 4.78. The molecule has 0 aliphatic carbocycles. The molecule has 3 rings (SSSR count). The normalized spacial score (nSPS) is 11.8. The lowest BCUT2D eigenvalue weighted by Crippen LogP contribution is -2.17. The van der Waals surface area contributed by atoms with E-state index >= 15 is 0 Å². The first-order valence-corrected chi connectivity index (χ1v) is 12.3. The number of sulfonamides is 1. The third-order valence-electron chi connectivity index (χ3n) is 4.29. The van der Waals surface area contributed by atoms with Crippen LogP contribution in [0.4, 0.5) is 10.2 Å².